The minimum Gasteiger partial charge on any atom is -0.288 e. The van der Waals surface area contributed by atoms with E-state index in [9.17, 15) is 4.79 Å². The Hall–Kier alpha value is -2.63. The summed E-state index contributed by atoms with van der Waals surface area (Å²) in [7, 11) is 0. The number of hydrogen-bond acceptors (Lipinski definition) is 4. The highest BCUT2D eigenvalue weighted by Gasteiger charge is 2.03. The zero-order valence-electron chi connectivity index (χ0n) is 12.1. The number of nitrogens with one attached hydrogen (secondary N) is 1. The fourth-order valence-electron chi connectivity index (χ4n) is 2.15. The first kappa shape index (κ1) is 15.3. The topological polar surface area (TPSA) is 62.2 Å². The van der Waals surface area contributed by atoms with E-state index < -0.39 is 5.91 Å². The molecule has 0 aliphatic rings. The Balaban J connectivity index is 1.80. The average molecular weight is 322 g/mol. The molecule has 2 aromatic carbocycles. The summed E-state index contributed by atoms with van der Waals surface area (Å²) in [4.78, 5) is 17.6. The van der Waals surface area contributed by atoms with Crippen LogP contribution in [0.25, 0.3) is 17.0 Å². The van der Waals surface area contributed by atoms with Crippen molar-refractivity contribution in [3.8, 4) is 0 Å². The van der Waals surface area contributed by atoms with E-state index in [1.165, 1.54) is 6.08 Å². The quantitative estimate of drug-likeness (QED) is 0.434. The minimum atomic E-state index is -0.549. The lowest BCUT2D eigenvalue weighted by molar-refractivity contribution is -0.124. The Kier molecular flexibility index (Phi) is 4.71. The van der Waals surface area contributed by atoms with Crippen LogP contribution in [0.4, 0.5) is 0 Å². The molecule has 0 aliphatic carbocycles. The molecule has 0 unspecified atom stereocenters. The second kappa shape index (κ2) is 7.09. The van der Waals surface area contributed by atoms with Crippen molar-refractivity contribution in [2.45, 2.75) is 9.79 Å². The van der Waals surface area contributed by atoms with E-state index in [1.807, 2.05) is 42.5 Å². The third kappa shape index (κ3) is 3.77. The van der Waals surface area contributed by atoms with Gasteiger partial charge in [-0.1, -0.05) is 36.0 Å². The van der Waals surface area contributed by atoms with Crippen molar-refractivity contribution in [1.82, 2.24) is 10.5 Å². The van der Waals surface area contributed by atoms with Crippen LogP contribution in [-0.2, 0) is 4.79 Å². The van der Waals surface area contributed by atoms with Gasteiger partial charge in [-0.3, -0.25) is 15.0 Å². The molecule has 1 aromatic heterocycles. The molecule has 0 radical (unpaired) electrons. The monoisotopic (exact) mass is 322 g/mol. The number of pyridine rings is 1. The molecular formula is C18H14N2O2S. The number of aromatic nitrogens is 1. The van der Waals surface area contributed by atoms with Gasteiger partial charge in [0, 0.05) is 27.5 Å². The third-order valence-electron chi connectivity index (χ3n) is 3.25. The molecule has 0 atom stereocenters. The molecule has 23 heavy (non-hydrogen) atoms. The summed E-state index contributed by atoms with van der Waals surface area (Å²) in [5.74, 6) is -0.549. The van der Waals surface area contributed by atoms with Crippen LogP contribution in [-0.4, -0.2) is 16.1 Å². The second-order valence-electron chi connectivity index (χ2n) is 4.81. The van der Waals surface area contributed by atoms with E-state index in [2.05, 4.69) is 17.1 Å². The lowest BCUT2D eigenvalue weighted by Gasteiger charge is -2.06. The molecule has 0 aliphatic heterocycles. The Morgan fingerprint density at radius 2 is 1.91 bits per heavy atom. The zero-order valence-corrected chi connectivity index (χ0v) is 13.0. The average Bonchev–Trinajstić information content (AvgIpc) is 2.61. The fraction of sp³-hybridized carbons (Fsp3) is 0. The first-order valence-electron chi connectivity index (χ1n) is 7.00. The molecule has 5 heteroatoms. The molecule has 0 bridgehead atoms. The first-order valence-corrected chi connectivity index (χ1v) is 7.82. The molecule has 114 valence electrons. The predicted molar refractivity (Wildman–Crippen MR) is 91.3 cm³/mol. The first-order chi connectivity index (χ1) is 11.3. The maximum absolute atomic E-state index is 11.0. The number of fused-ring (bicyclic) bond motifs is 1. The van der Waals surface area contributed by atoms with Gasteiger partial charge in [-0.05, 0) is 42.0 Å². The lowest BCUT2D eigenvalue weighted by atomic mass is 10.2. The number of hydrogen-bond donors (Lipinski definition) is 2. The van der Waals surface area contributed by atoms with E-state index in [0.29, 0.717) is 0 Å². The van der Waals surface area contributed by atoms with Crippen LogP contribution in [0.1, 0.15) is 5.56 Å². The van der Waals surface area contributed by atoms with Crippen molar-refractivity contribution >= 4 is 34.6 Å². The summed E-state index contributed by atoms with van der Waals surface area (Å²) in [6, 6.07) is 17.9. The van der Waals surface area contributed by atoms with Crippen LogP contribution in [0, 0.1) is 0 Å². The van der Waals surface area contributed by atoms with Gasteiger partial charge in [0.2, 0.25) is 0 Å². The van der Waals surface area contributed by atoms with Gasteiger partial charge >= 0.3 is 0 Å². The van der Waals surface area contributed by atoms with Crippen LogP contribution < -0.4 is 5.48 Å². The van der Waals surface area contributed by atoms with Crippen molar-refractivity contribution in [2.24, 2.45) is 0 Å². The fourth-order valence-corrected chi connectivity index (χ4v) is 3.10. The molecule has 0 spiro atoms. The largest absolute Gasteiger partial charge is 0.288 e. The summed E-state index contributed by atoms with van der Waals surface area (Å²) in [5.41, 5.74) is 3.43. The molecule has 3 aromatic rings. The normalized spacial score (nSPS) is 11.0. The van der Waals surface area contributed by atoms with E-state index in [1.54, 1.807) is 29.5 Å². The smallest absolute Gasteiger partial charge is 0.267 e. The van der Waals surface area contributed by atoms with Crippen LogP contribution >= 0.6 is 11.8 Å². The zero-order chi connectivity index (χ0) is 16.1. The van der Waals surface area contributed by atoms with Crippen molar-refractivity contribution in [1.29, 1.82) is 0 Å². The number of carbonyl (C=O) groups excluding carboxylic acids is 1. The summed E-state index contributed by atoms with van der Waals surface area (Å²) in [5, 5.41) is 9.58. The van der Waals surface area contributed by atoms with E-state index in [4.69, 9.17) is 5.21 Å². The number of carbonyl (C=O) groups is 1. The van der Waals surface area contributed by atoms with Gasteiger partial charge in [-0.2, -0.15) is 0 Å². The van der Waals surface area contributed by atoms with Crippen molar-refractivity contribution < 1.29 is 10.0 Å². The summed E-state index contributed by atoms with van der Waals surface area (Å²) >= 11 is 1.67. The predicted octanol–water partition coefficient (Wildman–Crippen LogP) is 3.90. The standard InChI is InChI=1S/C18H14N2O2S/c21-18(20-22)11-8-13-6-9-14(10-7-13)23-17-5-1-4-16-15(17)3-2-12-19-16/h1-12,22H,(H,20,21)/b11-8+. The highest BCUT2D eigenvalue weighted by atomic mass is 32.2. The van der Waals surface area contributed by atoms with Gasteiger partial charge in [0.1, 0.15) is 0 Å². The molecule has 1 heterocycles. The molecular weight excluding hydrogens is 308 g/mol. The highest BCUT2D eigenvalue weighted by molar-refractivity contribution is 7.99. The van der Waals surface area contributed by atoms with Gasteiger partial charge in [-0.15, -0.1) is 0 Å². The maximum Gasteiger partial charge on any atom is 0.267 e. The van der Waals surface area contributed by atoms with E-state index in [0.717, 1.165) is 26.3 Å². The lowest BCUT2D eigenvalue weighted by Crippen LogP contribution is -2.14. The Bertz CT molecular complexity index is 855. The van der Waals surface area contributed by atoms with Gasteiger partial charge in [0.25, 0.3) is 5.91 Å². The maximum atomic E-state index is 11.0. The number of amides is 1. The third-order valence-corrected chi connectivity index (χ3v) is 4.33. The van der Waals surface area contributed by atoms with E-state index >= 15 is 0 Å². The Morgan fingerprint density at radius 3 is 2.70 bits per heavy atom. The van der Waals surface area contributed by atoms with Crippen LogP contribution in [0.15, 0.2) is 76.7 Å². The van der Waals surface area contributed by atoms with Gasteiger partial charge in [0.15, 0.2) is 0 Å². The van der Waals surface area contributed by atoms with Crippen molar-refractivity contribution in [3.63, 3.8) is 0 Å². The molecule has 0 saturated heterocycles. The van der Waals surface area contributed by atoms with Crippen molar-refractivity contribution in [3.05, 3.63) is 72.4 Å². The van der Waals surface area contributed by atoms with Crippen LogP contribution in [0.5, 0.6) is 0 Å². The molecule has 2 N–H and O–H groups in total. The second-order valence-corrected chi connectivity index (χ2v) is 5.92. The van der Waals surface area contributed by atoms with Crippen LogP contribution in [0.2, 0.25) is 0 Å². The summed E-state index contributed by atoms with van der Waals surface area (Å²) in [6.07, 6.45) is 4.71. The van der Waals surface area contributed by atoms with Gasteiger partial charge in [0.05, 0.1) is 5.52 Å². The number of benzene rings is 2. The molecule has 3 rings (SSSR count). The molecule has 4 nitrogen and oxygen atoms in total. The van der Waals surface area contributed by atoms with Crippen molar-refractivity contribution in [2.75, 3.05) is 0 Å². The molecule has 0 fully saturated rings. The number of rotatable bonds is 4. The SMILES string of the molecule is O=C(/C=C/c1ccc(Sc2cccc3ncccc23)cc1)NO. The van der Waals surface area contributed by atoms with Gasteiger partial charge < -0.3 is 0 Å². The minimum absolute atomic E-state index is 0.549. The van der Waals surface area contributed by atoms with Gasteiger partial charge in [-0.25, -0.2) is 5.48 Å². The van der Waals surface area contributed by atoms with Crippen LogP contribution in [0.3, 0.4) is 0 Å². The highest BCUT2D eigenvalue weighted by Crippen LogP contribution is 2.32. The van der Waals surface area contributed by atoms with E-state index in [-0.39, 0.29) is 0 Å². The Labute approximate surface area is 137 Å². The molecule has 1 amide bonds. The number of hydroxylamine groups is 1. The molecule has 0 saturated carbocycles. The summed E-state index contributed by atoms with van der Waals surface area (Å²) < 4.78 is 0. The number of nitrogens with zero attached hydrogens (tertiary/aromatic N) is 1. The Morgan fingerprint density at radius 1 is 1.09 bits per heavy atom. The summed E-state index contributed by atoms with van der Waals surface area (Å²) in [6.45, 7) is 0.